The van der Waals surface area contributed by atoms with E-state index in [0.717, 1.165) is 5.56 Å². The van der Waals surface area contributed by atoms with Gasteiger partial charge in [-0.3, -0.25) is 14.5 Å². The van der Waals surface area contributed by atoms with Crippen molar-refractivity contribution >= 4 is 40.9 Å². The van der Waals surface area contributed by atoms with Crippen LogP contribution >= 0.6 is 23.4 Å². The SMILES string of the molecule is C[C@H]1S/C(=C(/C#N)C(=O)NCc2ccccc2)N(c2ccc(Cl)cc2)C1=O. The average molecular weight is 398 g/mol. The lowest BCUT2D eigenvalue weighted by atomic mass is 10.2. The number of nitriles is 1. The number of hydrogen-bond acceptors (Lipinski definition) is 4. The number of thioether (sulfide) groups is 1. The van der Waals surface area contributed by atoms with Gasteiger partial charge in [0.2, 0.25) is 5.91 Å². The Morgan fingerprint density at radius 2 is 1.89 bits per heavy atom. The number of benzene rings is 2. The molecular formula is C20H16ClN3O2S. The number of nitrogens with zero attached hydrogens (tertiary/aromatic N) is 2. The van der Waals surface area contributed by atoms with Gasteiger partial charge in [-0.15, -0.1) is 0 Å². The first kappa shape index (κ1) is 19.0. The van der Waals surface area contributed by atoms with Crippen LogP contribution in [-0.4, -0.2) is 17.1 Å². The number of nitrogens with one attached hydrogen (secondary N) is 1. The van der Waals surface area contributed by atoms with Gasteiger partial charge in [0.25, 0.3) is 5.91 Å². The third-order valence-electron chi connectivity index (χ3n) is 3.99. The topological polar surface area (TPSA) is 73.2 Å². The Morgan fingerprint density at radius 3 is 2.52 bits per heavy atom. The molecule has 1 atom stereocenters. The van der Waals surface area contributed by atoms with Crippen molar-refractivity contribution < 1.29 is 9.59 Å². The van der Waals surface area contributed by atoms with E-state index < -0.39 is 5.91 Å². The molecule has 0 aromatic heterocycles. The lowest BCUT2D eigenvalue weighted by Gasteiger charge is -2.18. The first-order chi connectivity index (χ1) is 13.0. The predicted molar refractivity (Wildman–Crippen MR) is 107 cm³/mol. The molecule has 2 amide bonds. The predicted octanol–water partition coefficient (Wildman–Crippen LogP) is 3.86. The molecule has 7 heteroatoms. The van der Waals surface area contributed by atoms with Gasteiger partial charge in [0, 0.05) is 17.3 Å². The second kappa shape index (κ2) is 8.30. The highest BCUT2D eigenvalue weighted by molar-refractivity contribution is 8.05. The van der Waals surface area contributed by atoms with Crippen LogP contribution in [0.5, 0.6) is 0 Å². The highest BCUT2D eigenvalue weighted by atomic mass is 35.5. The van der Waals surface area contributed by atoms with Crippen molar-refractivity contribution in [1.82, 2.24) is 5.32 Å². The lowest BCUT2D eigenvalue weighted by Crippen LogP contribution is -2.30. The first-order valence-corrected chi connectivity index (χ1v) is 9.49. The molecule has 0 radical (unpaired) electrons. The average Bonchev–Trinajstić information content (AvgIpc) is 2.97. The van der Waals surface area contributed by atoms with Gasteiger partial charge >= 0.3 is 0 Å². The summed E-state index contributed by atoms with van der Waals surface area (Å²) in [6, 6.07) is 18.1. The van der Waals surface area contributed by atoms with Crippen LogP contribution in [0.1, 0.15) is 12.5 Å². The molecule has 1 aliphatic rings. The fraction of sp³-hybridized carbons (Fsp3) is 0.150. The number of anilines is 1. The maximum absolute atomic E-state index is 12.6. The number of hydrogen-bond donors (Lipinski definition) is 1. The molecule has 1 N–H and O–H groups in total. The first-order valence-electron chi connectivity index (χ1n) is 8.24. The highest BCUT2D eigenvalue weighted by Gasteiger charge is 2.38. The molecule has 5 nitrogen and oxygen atoms in total. The Bertz CT molecular complexity index is 936. The normalized spacial score (nSPS) is 18.2. The second-order valence-corrected chi connectivity index (χ2v) is 7.64. The van der Waals surface area contributed by atoms with E-state index in [9.17, 15) is 14.9 Å². The van der Waals surface area contributed by atoms with Crippen LogP contribution in [0.2, 0.25) is 5.02 Å². The monoisotopic (exact) mass is 397 g/mol. The van der Waals surface area contributed by atoms with Crippen LogP contribution < -0.4 is 10.2 Å². The number of carbonyl (C=O) groups excluding carboxylic acids is 2. The molecule has 1 fully saturated rings. The Hall–Kier alpha value is -2.75. The van der Waals surface area contributed by atoms with E-state index in [1.165, 1.54) is 16.7 Å². The molecular weight excluding hydrogens is 382 g/mol. The largest absolute Gasteiger partial charge is 0.347 e. The minimum Gasteiger partial charge on any atom is -0.347 e. The minimum atomic E-state index is -0.510. The van der Waals surface area contributed by atoms with Crippen LogP contribution in [0.4, 0.5) is 5.69 Å². The van der Waals surface area contributed by atoms with E-state index in [4.69, 9.17) is 11.6 Å². The van der Waals surface area contributed by atoms with Crippen LogP contribution in [0.15, 0.2) is 65.2 Å². The van der Waals surface area contributed by atoms with Gasteiger partial charge in [-0.05, 0) is 36.8 Å². The summed E-state index contributed by atoms with van der Waals surface area (Å²) in [6.45, 7) is 2.05. The van der Waals surface area contributed by atoms with E-state index in [-0.39, 0.29) is 16.7 Å². The zero-order valence-electron chi connectivity index (χ0n) is 14.5. The molecule has 0 bridgehead atoms. The van der Waals surface area contributed by atoms with Gasteiger partial charge in [-0.25, -0.2) is 0 Å². The fourth-order valence-corrected chi connectivity index (χ4v) is 3.84. The summed E-state index contributed by atoms with van der Waals surface area (Å²) in [4.78, 5) is 26.6. The van der Waals surface area contributed by atoms with Crippen LogP contribution in [0.25, 0.3) is 0 Å². The standard InChI is InChI=1S/C20H16ClN3O2S/c1-13-19(26)24(16-9-7-15(21)8-10-16)20(27-13)17(11-22)18(25)23-12-14-5-3-2-4-6-14/h2-10,13H,12H2,1H3,(H,23,25)/b20-17-/t13-/m1/s1. The van der Waals surface area contributed by atoms with E-state index in [0.29, 0.717) is 22.3 Å². The quantitative estimate of drug-likeness (QED) is 0.628. The Balaban J connectivity index is 1.91. The third kappa shape index (κ3) is 4.16. The van der Waals surface area contributed by atoms with Crippen molar-refractivity contribution in [1.29, 1.82) is 5.26 Å². The van der Waals surface area contributed by atoms with Gasteiger partial charge in [-0.2, -0.15) is 5.26 Å². The van der Waals surface area contributed by atoms with Crippen LogP contribution in [0, 0.1) is 11.3 Å². The minimum absolute atomic E-state index is 0.0800. The summed E-state index contributed by atoms with van der Waals surface area (Å²) in [5.41, 5.74) is 1.41. The molecule has 27 heavy (non-hydrogen) atoms. The van der Waals surface area contributed by atoms with Gasteiger partial charge in [0.05, 0.1) is 5.25 Å². The molecule has 2 aromatic carbocycles. The van der Waals surface area contributed by atoms with Gasteiger partial charge in [0.1, 0.15) is 16.7 Å². The molecule has 0 saturated carbocycles. The van der Waals surface area contributed by atoms with E-state index in [2.05, 4.69) is 5.32 Å². The van der Waals surface area contributed by atoms with E-state index in [1.807, 2.05) is 36.4 Å². The Morgan fingerprint density at radius 1 is 1.22 bits per heavy atom. The van der Waals surface area contributed by atoms with Crippen molar-refractivity contribution in [3.8, 4) is 6.07 Å². The molecule has 2 aromatic rings. The van der Waals surface area contributed by atoms with Crippen LogP contribution in [0.3, 0.4) is 0 Å². The second-order valence-electron chi connectivity index (χ2n) is 5.87. The summed E-state index contributed by atoms with van der Waals surface area (Å²) in [6.07, 6.45) is 0. The van der Waals surface area contributed by atoms with Crippen molar-refractivity contribution in [3.05, 3.63) is 75.8 Å². The zero-order chi connectivity index (χ0) is 19.4. The molecule has 1 saturated heterocycles. The maximum atomic E-state index is 12.6. The molecule has 0 unspecified atom stereocenters. The Labute approximate surface area is 166 Å². The van der Waals surface area contributed by atoms with Gasteiger partial charge < -0.3 is 5.32 Å². The van der Waals surface area contributed by atoms with Crippen molar-refractivity contribution in [3.63, 3.8) is 0 Å². The van der Waals surface area contributed by atoms with Crippen LogP contribution in [-0.2, 0) is 16.1 Å². The van der Waals surface area contributed by atoms with E-state index >= 15 is 0 Å². The fourth-order valence-electron chi connectivity index (χ4n) is 2.62. The number of carbonyl (C=O) groups is 2. The summed E-state index contributed by atoms with van der Waals surface area (Å²) < 4.78 is 0. The highest BCUT2D eigenvalue weighted by Crippen LogP contribution is 2.40. The molecule has 0 aliphatic carbocycles. The van der Waals surface area contributed by atoms with Gasteiger partial charge in [0.15, 0.2) is 0 Å². The maximum Gasteiger partial charge on any atom is 0.264 e. The molecule has 0 spiro atoms. The Kier molecular flexibility index (Phi) is 5.84. The van der Waals surface area contributed by atoms with Crippen molar-refractivity contribution in [2.45, 2.75) is 18.7 Å². The smallest absolute Gasteiger partial charge is 0.264 e. The van der Waals surface area contributed by atoms with Crippen molar-refractivity contribution in [2.75, 3.05) is 4.90 Å². The lowest BCUT2D eigenvalue weighted by molar-refractivity contribution is -0.117. The van der Waals surface area contributed by atoms with Gasteiger partial charge in [-0.1, -0.05) is 53.7 Å². The number of rotatable bonds is 4. The molecule has 1 heterocycles. The summed E-state index contributed by atoms with van der Waals surface area (Å²) in [5.74, 6) is -0.689. The van der Waals surface area contributed by atoms with Crippen molar-refractivity contribution in [2.24, 2.45) is 0 Å². The molecule has 3 rings (SSSR count). The third-order valence-corrected chi connectivity index (χ3v) is 5.41. The molecule has 136 valence electrons. The number of amides is 2. The molecule has 1 aliphatic heterocycles. The summed E-state index contributed by atoms with van der Waals surface area (Å²) in [7, 11) is 0. The number of halogens is 1. The zero-order valence-corrected chi connectivity index (χ0v) is 16.1. The van der Waals surface area contributed by atoms with E-state index in [1.54, 1.807) is 31.2 Å². The summed E-state index contributed by atoms with van der Waals surface area (Å²) >= 11 is 7.13. The summed E-state index contributed by atoms with van der Waals surface area (Å²) in [5, 5.41) is 12.8.